The van der Waals surface area contributed by atoms with Crippen LogP contribution in [0.25, 0.3) is 0 Å². The van der Waals surface area contributed by atoms with Crippen molar-refractivity contribution in [2.45, 2.75) is 19.4 Å². The summed E-state index contributed by atoms with van der Waals surface area (Å²) in [5.41, 5.74) is 1.45. The molecule has 0 spiro atoms. The molecule has 4 rings (SSSR count). The first-order chi connectivity index (χ1) is 12.7. The maximum Gasteiger partial charge on any atom is 0.246 e. The summed E-state index contributed by atoms with van der Waals surface area (Å²) in [6.07, 6.45) is 0.853. The number of amides is 1. The van der Waals surface area contributed by atoms with E-state index in [-0.39, 0.29) is 12.7 Å². The summed E-state index contributed by atoms with van der Waals surface area (Å²) in [7, 11) is 0. The Morgan fingerprint density at radius 2 is 1.50 bits per heavy atom. The third-order valence-corrected chi connectivity index (χ3v) is 4.16. The zero-order valence-corrected chi connectivity index (χ0v) is 14.4. The van der Waals surface area contributed by atoms with Crippen molar-refractivity contribution >= 4 is 17.3 Å². The SMILES string of the molecule is CC(Nc1ccc2c(c1)OCCCO2)C(=O)Nc1ccc2c(c1)OCO2. The summed E-state index contributed by atoms with van der Waals surface area (Å²) < 4.78 is 21.9. The Morgan fingerprint density at radius 1 is 0.885 bits per heavy atom. The number of rotatable bonds is 4. The Morgan fingerprint density at radius 3 is 2.35 bits per heavy atom. The quantitative estimate of drug-likeness (QED) is 0.877. The van der Waals surface area contributed by atoms with Crippen molar-refractivity contribution in [2.75, 3.05) is 30.6 Å². The molecule has 0 aromatic heterocycles. The molecule has 2 heterocycles. The Labute approximate surface area is 151 Å². The summed E-state index contributed by atoms with van der Waals surface area (Å²) in [4.78, 5) is 12.5. The molecule has 2 N–H and O–H groups in total. The number of carbonyl (C=O) groups excluding carboxylic acids is 1. The van der Waals surface area contributed by atoms with Crippen LogP contribution in [0, 0.1) is 0 Å². The Balaban J connectivity index is 1.40. The molecule has 136 valence electrons. The highest BCUT2D eigenvalue weighted by atomic mass is 16.7. The molecule has 0 fully saturated rings. The van der Waals surface area contributed by atoms with Crippen molar-refractivity contribution in [3.63, 3.8) is 0 Å². The Bertz CT molecular complexity index is 824. The molecule has 0 saturated heterocycles. The van der Waals surface area contributed by atoms with Gasteiger partial charge in [0.25, 0.3) is 0 Å². The largest absolute Gasteiger partial charge is 0.490 e. The third kappa shape index (κ3) is 3.46. The van der Waals surface area contributed by atoms with E-state index in [1.807, 2.05) is 18.2 Å². The van der Waals surface area contributed by atoms with E-state index in [0.29, 0.717) is 36.1 Å². The molecule has 2 aromatic rings. The molecule has 1 atom stereocenters. The first-order valence-corrected chi connectivity index (χ1v) is 8.56. The van der Waals surface area contributed by atoms with Crippen molar-refractivity contribution in [1.29, 1.82) is 0 Å². The van der Waals surface area contributed by atoms with Gasteiger partial charge in [0.15, 0.2) is 23.0 Å². The average molecular weight is 356 g/mol. The highest BCUT2D eigenvalue weighted by Crippen LogP contribution is 2.34. The van der Waals surface area contributed by atoms with E-state index < -0.39 is 6.04 Å². The molecule has 2 aromatic carbocycles. The molecule has 0 radical (unpaired) electrons. The Kier molecular flexibility index (Phi) is 4.43. The standard InChI is InChI=1S/C19H20N2O5/c1-12(19(22)21-14-4-6-16-18(10-14)26-11-25-16)20-13-3-5-15-17(9-13)24-8-2-7-23-15/h3-6,9-10,12,20H,2,7-8,11H2,1H3,(H,21,22). The van der Waals surface area contributed by atoms with Crippen LogP contribution >= 0.6 is 0 Å². The number of benzene rings is 2. The molecule has 0 saturated carbocycles. The van der Waals surface area contributed by atoms with Crippen molar-refractivity contribution in [3.05, 3.63) is 36.4 Å². The van der Waals surface area contributed by atoms with Gasteiger partial charge in [0.1, 0.15) is 6.04 Å². The monoisotopic (exact) mass is 356 g/mol. The zero-order valence-electron chi connectivity index (χ0n) is 14.4. The van der Waals surface area contributed by atoms with E-state index in [9.17, 15) is 4.79 Å². The predicted octanol–water partition coefficient (Wildman–Crippen LogP) is 3.02. The van der Waals surface area contributed by atoms with Gasteiger partial charge >= 0.3 is 0 Å². The molecule has 1 amide bonds. The number of nitrogens with one attached hydrogen (secondary N) is 2. The van der Waals surface area contributed by atoms with Crippen LogP contribution in [-0.4, -0.2) is 32.0 Å². The zero-order chi connectivity index (χ0) is 17.9. The topological polar surface area (TPSA) is 78.1 Å². The normalized spacial score (nSPS) is 15.7. The summed E-state index contributed by atoms with van der Waals surface area (Å²) in [5.74, 6) is 2.57. The highest BCUT2D eigenvalue weighted by molar-refractivity contribution is 5.96. The fourth-order valence-corrected chi connectivity index (χ4v) is 2.79. The third-order valence-electron chi connectivity index (χ3n) is 4.16. The van der Waals surface area contributed by atoms with Crippen LogP contribution in [0.4, 0.5) is 11.4 Å². The minimum atomic E-state index is -0.440. The molecule has 26 heavy (non-hydrogen) atoms. The molecular weight excluding hydrogens is 336 g/mol. The number of hydrogen-bond donors (Lipinski definition) is 2. The van der Waals surface area contributed by atoms with Crippen LogP contribution in [0.2, 0.25) is 0 Å². The van der Waals surface area contributed by atoms with E-state index >= 15 is 0 Å². The molecular formula is C19H20N2O5. The maximum atomic E-state index is 12.5. The van der Waals surface area contributed by atoms with Crippen molar-refractivity contribution in [2.24, 2.45) is 0 Å². The molecule has 7 heteroatoms. The van der Waals surface area contributed by atoms with Crippen LogP contribution in [0.3, 0.4) is 0 Å². The van der Waals surface area contributed by atoms with Gasteiger partial charge in [-0.2, -0.15) is 0 Å². The van der Waals surface area contributed by atoms with Gasteiger partial charge < -0.3 is 29.6 Å². The van der Waals surface area contributed by atoms with Gasteiger partial charge in [0.2, 0.25) is 12.7 Å². The minimum absolute atomic E-state index is 0.157. The van der Waals surface area contributed by atoms with E-state index in [1.165, 1.54) is 0 Å². The first-order valence-electron chi connectivity index (χ1n) is 8.56. The fraction of sp³-hybridized carbons (Fsp3) is 0.316. The highest BCUT2D eigenvalue weighted by Gasteiger charge is 2.18. The van der Waals surface area contributed by atoms with Gasteiger partial charge in [-0.15, -0.1) is 0 Å². The Hall–Kier alpha value is -3.09. The second-order valence-electron chi connectivity index (χ2n) is 6.14. The van der Waals surface area contributed by atoms with Crippen molar-refractivity contribution in [3.8, 4) is 23.0 Å². The maximum absolute atomic E-state index is 12.5. The molecule has 2 aliphatic rings. The van der Waals surface area contributed by atoms with E-state index in [0.717, 1.165) is 17.9 Å². The van der Waals surface area contributed by atoms with Crippen LogP contribution in [0.1, 0.15) is 13.3 Å². The molecule has 0 aliphatic carbocycles. The average Bonchev–Trinajstić information content (AvgIpc) is 2.98. The number of fused-ring (bicyclic) bond motifs is 2. The second-order valence-corrected chi connectivity index (χ2v) is 6.14. The van der Waals surface area contributed by atoms with Gasteiger partial charge in [-0.3, -0.25) is 4.79 Å². The summed E-state index contributed by atoms with van der Waals surface area (Å²) in [5, 5.41) is 6.05. The van der Waals surface area contributed by atoms with Crippen LogP contribution < -0.4 is 29.6 Å². The minimum Gasteiger partial charge on any atom is -0.490 e. The lowest BCUT2D eigenvalue weighted by Gasteiger charge is -2.17. The smallest absolute Gasteiger partial charge is 0.246 e. The summed E-state index contributed by atoms with van der Waals surface area (Å²) >= 11 is 0. The number of anilines is 2. The lowest BCUT2D eigenvalue weighted by Crippen LogP contribution is -2.31. The van der Waals surface area contributed by atoms with E-state index in [4.69, 9.17) is 18.9 Å². The first kappa shape index (κ1) is 16.4. The number of carbonyl (C=O) groups is 1. The summed E-state index contributed by atoms with van der Waals surface area (Å²) in [6.45, 7) is 3.27. The lowest BCUT2D eigenvalue weighted by atomic mass is 10.2. The van der Waals surface area contributed by atoms with E-state index in [2.05, 4.69) is 10.6 Å². The fourth-order valence-electron chi connectivity index (χ4n) is 2.79. The summed E-state index contributed by atoms with van der Waals surface area (Å²) in [6, 6.07) is 10.4. The number of ether oxygens (including phenoxy) is 4. The van der Waals surface area contributed by atoms with Crippen molar-refractivity contribution < 1.29 is 23.7 Å². The molecule has 7 nitrogen and oxygen atoms in total. The van der Waals surface area contributed by atoms with Gasteiger partial charge in [-0.1, -0.05) is 0 Å². The van der Waals surface area contributed by atoms with E-state index in [1.54, 1.807) is 25.1 Å². The number of hydrogen-bond acceptors (Lipinski definition) is 6. The molecule has 2 aliphatic heterocycles. The van der Waals surface area contributed by atoms with Gasteiger partial charge in [0, 0.05) is 29.9 Å². The molecule has 1 unspecified atom stereocenters. The lowest BCUT2D eigenvalue weighted by molar-refractivity contribution is -0.116. The second kappa shape index (κ2) is 7.03. The van der Waals surface area contributed by atoms with Crippen LogP contribution in [0.5, 0.6) is 23.0 Å². The predicted molar refractivity (Wildman–Crippen MR) is 96.3 cm³/mol. The van der Waals surface area contributed by atoms with Crippen molar-refractivity contribution in [1.82, 2.24) is 0 Å². The van der Waals surface area contributed by atoms with Gasteiger partial charge in [-0.05, 0) is 31.2 Å². The van der Waals surface area contributed by atoms with Crippen LogP contribution in [0.15, 0.2) is 36.4 Å². The molecule has 0 bridgehead atoms. The van der Waals surface area contributed by atoms with Gasteiger partial charge in [0.05, 0.1) is 13.2 Å². The van der Waals surface area contributed by atoms with Gasteiger partial charge in [-0.25, -0.2) is 0 Å². The van der Waals surface area contributed by atoms with Crippen LogP contribution in [-0.2, 0) is 4.79 Å².